The van der Waals surface area contributed by atoms with Crippen molar-refractivity contribution in [2.45, 2.75) is 32.7 Å². The van der Waals surface area contributed by atoms with Gasteiger partial charge in [0.1, 0.15) is 5.69 Å². The van der Waals surface area contributed by atoms with Crippen LogP contribution in [0.4, 0.5) is 5.69 Å². The lowest BCUT2D eigenvalue weighted by molar-refractivity contribution is 0.0911. The van der Waals surface area contributed by atoms with Gasteiger partial charge in [-0.15, -0.1) is 0 Å². The molecule has 5 nitrogen and oxygen atoms in total. The topological polar surface area (TPSA) is 71.1 Å². The van der Waals surface area contributed by atoms with Gasteiger partial charge in [0.05, 0.1) is 0 Å². The van der Waals surface area contributed by atoms with Gasteiger partial charge in [-0.2, -0.15) is 0 Å². The quantitative estimate of drug-likeness (QED) is 0.707. The number of pyridine rings is 1. The molecule has 0 saturated carbocycles. The zero-order chi connectivity index (χ0) is 19.4. The molecule has 3 aromatic rings. The van der Waals surface area contributed by atoms with Crippen molar-refractivity contribution in [3.8, 4) is 0 Å². The van der Waals surface area contributed by atoms with Crippen molar-refractivity contribution in [3.63, 3.8) is 0 Å². The van der Waals surface area contributed by atoms with Crippen molar-refractivity contribution in [2.75, 3.05) is 5.32 Å². The second-order valence-corrected chi connectivity index (χ2v) is 7.10. The average Bonchev–Trinajstić information content (AvgIpc) is 2.67. The number of nitrogens with zero attached hydrogens (tertiary/aromatic N) is 1. The van der Waals surface area contributed by atoms with Crippen LogP contribution in [0.2, 0.25) is 0 Å². The van der Waals surface area contributed by atoms with Crippen molar-refractivity contribution in [1.82, 2.24) is 10.3 Å². The first-order valence-electron chi connectivity index (χ1n) is 8.97. The van der Waals surface area contributed by atoms with E-state index in [1.165, 1.54) is 0 Å². The fourth-order valence-corrected chi connectivity index (χ4v) is 2.66. The van der Waals surface area contributed by atoms with Crippen molar-refractivity contribution < 1.29 is 9.59 Å². The molecule has 138 valence electrons. The van der Waals surface area contributed by atoms with Gasteiger partial charge in [0.2, 0.25) is 0 Å². The summed E-state index contributed by atoms with van der Waals surface area (Å²) >= 11 is 0. The molecule has 1 heterocycles. The van der Waals surface area contributed by atoms with Crippen molar-refractivity contribution in [2.24, 2.45) is 0 Å². The highest BCUT2D eigenvalue weighted by atomic mass is 16.2. The van der Waals surface area contributed by atoms with Crippen LogP contribution in [-0.4, -0.2) is 22.3 Å². The molecule has 0 atom stereocenters. The van der Waals surface area contributed by atoms with E-state index in [0.29, 0.717) is 16.9 Å². The summed E-state index contributed by atoms with van der Waals surface area (Å²) in [6.07, 6.45) is 2.46. The summed E-state index contributed by atoms with van der Waals surface area (Å²) in [6, 6.07) is 16.3. The molecule has 0 spiro atoms. The number of nitrogens with one attached hydrogen (secondary N) is 2. The van der Waals surface area contributed by atoms with Crippen LogP contribution in [0.15, 0.2) is 60.8 Å². The molecule has 2 N–H and O–H groups in total. The smallest absolute Gasteiger partial charge is 0.274 e. The number of carbonyl (C=O) groups is 2. The van der Waals surface area contributed by atoms with Crippen LogP contribution in [-0.2, 0) is 0 Å². The van der Waals surface area contributed by atoms with Crippen molar-refractivity contribution >= 4 is 28.3 Å². The van der Waals surface area contributed by atoms with Crippen LogP contribution in [0, 0.1) is 0 Å². The largest absolute Gasteiger partial charge is 0.347 e. The van der Waals surface area contributed by atoms with E-state index in [0.717, 1.165) is 17.2 Å². The molecular weight excluding hydrogens is 338 g/mol. The lowest BCUT2D eigenvalue weighted by atomic mass is 10.0. The number of carbonyl (C=O) groups excluding carboxylic acids is 2. The molecule has 0 aliphatic carbocycles. The highest BCUT2D eigenvalue weighted by molar-refractivity contribution is 6.11. The van der Waals surface area contributed by atoms with Gasteiger partial charge in [-0.25, -0.2) is 0 Å². The number of aromatic nitrogens is 1. The molecule has 0 saturated heterocycles. The Morgan fingerprint density at radius 2 is 1.67 bits per heavy atom. The number of fused-ring (bicyclic) bond motifs is 1. The van der Waals surface area contributed by atoms with Gasteiger partial charge in [0.25, 0.3) is 11.8 Å². The van der Waals surface area contributed by atoms with E-state index < -0.39 is 0 Å². The highest BCUT2D eigenvalue weighted by Gasteiger charge is 2.19. The zero-order valence-electron chi connectivity index (χ0n) is 15.7. The second kappa shape index (κ2) is 7.58. The molecule has 0 aliphatic rings. The molecule has 0 bridgehead atoms. The minimum absolute atomic E-state index is 0.129. The highest BCUT2D eigenvalue weighted by Crippen LogP contribution is 2.18. The number of anilines is 1. The molecule has 3 rings (SSSR count). The van der Waals surface area contributed by atoms with Gasteiger partial charge in [0.15, 0.2) is 0 Å². The Hall–Kier alpha value is -3.21. The van der Waals surface area contributed by atoms with E-state index in [1.54, 1.807) is 30.5 Å². The molecule has 0 unspecified atom stereocenters. The predicted octanol–water partition coefficient (Wildman–Crippen LogP) is 4.41. The molecule has 2 aromatic carbocycles. The van der Waals surface area contributed by atoms with Gasteiger partial charge in [-0.1, -0.05) is 31.2 Å². The summed E-state index contributed by atoms with van der Waals surface area (Å²) in [5.74, 6) is -0.411. The summed E-state index contributed by atoms with van der Waals surface area (Å²) in [5.41, 5.74) is 1.28. The summed E-state index contributed by atoms with van der Waals surface area (Å²) in [6.45, 7) is 5.99. The van der Waals surface area contributed by atoms with Gasteiger partial charge >= 0.3 is 0 Å². The number of hydrogen-bond donors (Lipinski definition) is 2. The third kappa shape index (κ3) is 4.31. The van der Waals surface area contributed by atoms with E-state index in [9.17, 15) is 9.59 Å². The summed E-state index contributed by atoms with van der Waals surface area (Å²) in [7, 11) is 0. The number of amides is 2. The number of benzene rings is 2. The first-order valence-corrected chi connectivity index (χ1v) is 8.97. The molecule has 1 aromatic heterocycles. The predicted molar refractivity (Wildman–Crippen MR) is 108 cm³/mol. The lowest BCUT2D eigenvalue weighted by Gasteiger charge is -2.24. The van der Waals surface area contributed by atoms with Crippen LogP contribution in [0.3, 0.4) is 0 Å². The van der Waals surface area contributed by atoms with Crippen LogP contribution in [0.1, 0.15) is 48.0 Å². The average molecular weight is 361 g/mol. The lowest BCUT2D eigenvalue weighted by Crippen LogP contribution is -2.42. The van der Waals surface area contributed by atoms with E-state index in [-0.39, 0.29) is 17.4 Å². The maximum atomic E-state index is 12.6. The number of hydrogen-bond acceptors (Lipinski definition) is 3. The van der Waals surface area contributed by atoms with Crippen molar-refractivity contribution in [3.05, 3.63) is 72.1 Å². The zero-order valence-corrected chi connectivity index (χ0v) is 15.7. The summed E-state index contributed by atoms with van der Waals surface area (Å²) < 4.78 is 0. The van der Waals surface area contributed by atoms with Gasteiger partial charge < -0.3 is 10.6 Å². The third-order valence-corrected chi connectivity index (χ3v) is 4.63. The first-order chi connectivity index (χ1) is 12.9. The van der Waals surface area contributed by atoms with Gasteiger partial charge in [0, 0.05) is 28.4 Å². The maximum Gasteiger partial charge on any atom is 0.274 e. The molecule has 0 aliphatic heterocycles. The van der Waals surface area contributed by atoms with E-state index in [2.05, 4.69) is 15.6 Å². The minimum Gasteiger partial charge on any atom is -0.347 e. The van der Waals surface area contributed by atoms with E-state index >= 15 is 0 Å². The monoisotopic (exact) mass is 361 g/mol. The molecule has 27 heavy (non-hydrogen) atoms. The SMILES string of the molecule is CCC(C)(C)NC(=O)c1ccc(NC(=O)c2nccc3ccccc23)cc1. The van der Waals surface area contributed by atoms with Gasteiger partial charge in [-0.05, 0) is 56.0 Å². The van der Waals surface area contributed by atoms with E-state index in [4.69, 9.17) is 0 Å². The van der Waals surface area contributed by atoms with Crippen LogP contribution >= 0.6 is 0 Å². The Morgan fingerprint density at radius 1 is 0.963 bits per heavy atom. The Labute approximate surface area is 158 Å². The second-order valence-electron chi connectivity index (χ2n) is 7.10. The normalized spacial score (nSPS) is 11.2. The van der Waals surface area contributed by atoms with Crippen LogP contribution in [0.25, 0.3) is 10.8 Å². The Kier molecular flexibility index (Phi) is 5.21. The fourth-order valence-electron chi connectivity index (χ4n) is 2.66. The third-order valence-electron chi connectivity index (χ3n) is 4.63. The minimum atomic E-state index is -0.281. The van der Waals surface area contributed by atoms with E-state index in [1.807, 2.05) is 51.1 Å². The van der Waals surface area contributed by atoms with Crippen molar-refractivity contribution in [1.29, 1.82) is 0 Å². The van der Waals surface area contributed by atoms with Crippen LogP contribution < -0.4 is 10.6 Å². The Balaban J connectivity index is 1.74. The summed E-state index contributed by atoms with van der Waals surface area (Å²) in [5, 5.41) is 7.60. The molecule has 0 radical (unpaired) electrons. The summed E-state index contributed by atoms with van der Waals surface area (Å²) in [4.78, 5) is 29.2. The standard InChI is InChI=1S/C22H23N3O2/c1-4-22(2,3)25-20(26)16-9-11-17(12-10-16)24-21(27)19-18-8-6-5-7-15(18)13-14-23-19/h5-14H,4H2,1-3H3,(H,24,27)(H,25,26). The fraction of sp³-hybridized carbons (Fsp3) is 0.227. The van der Waals surface area contributed by atoms with Gasteiger partial charge in [-0.3, -0.25) is 14.6 Å². The molecular formula is C22H23N3O2. The Morgan fingerprint density at radius 3 is 2.37 bits per heavy atom. The van der Waals surface area contributed by atoms with Crippen LogP contribution in [0.5, 0.6) is 0 Å². The molecule has 2 amide bonds. The maximum absolute atomic E-state index is 12.6. The Bertz CT molecular complexity index is 973. The first kappa shape index (κ1) is 18.6. The molecule has 5 heteroatoms. The number of rotatable bonds is 5. The molecule has 0 fully saturated rings.